The first kappa shape index (κ1) is 15.5. The largest absolute Gasteiger partial charge is 0.493 e. The molecule has 0 aliphatic heterocycles. The number of methoxy groups -OCH3 is 1. The molecule has 1 heterocycles. The Labute approximate surface area is 122 Å². The van der Waals surface area contributed by atoms with Crippen molar-refractivity contribution >= 4 is 21.2 Å². The van der Waals surface area contributed by atoms with E-state index < -0.39 is 15.9 Å². The van der Waals surface area contributed by atoms with E-state index >= 15 is 0 Å². The second-order valence-corrected chi connectivity index (χ2v) is 6.09. The first-order chi connectivity index (χ1) is 9.80. The van der Waals surface area contributed by atoms with Crippen molar-refractivity contribution in [2.24, 2.45) is 0 Å². The van der Waals surface area contributed by atoms with Crippen LogP contribution in [0.25, 0.3) is 11.0 Å². The van der Waals surface area contributed by atoms with Crippen LogP contribution in [0.2, 0.25) is 0 Å². The number of nitrogens with zero attached hydrogens (tertiary/aromatic N) is 2. The second kappa shape index (κ2) is 5.82. The molecule has 21 heavy (non-hydrogen) atoms. The zero-order valence-corrected chi connectivity index (χ0v) is 12.8. The average Bonchev–Trinajstić information content (AvgIpc) is 2.38. The molecule has 7 nitrogen and oxygen atoms in total. The van der Waals surface area contributed by atoms with Gasteiger partial charge in [-0.1, -0.05) is 0 Å². The molecule has 0 fully saturated rings. The summed E-state index contributed by atoms with van der Waals surface area (Å²) in [5.41, 5.74) is 2.92. The van der Waals surface area contributed by atoms with E-state index in [1.807, 2.05) is 13.8 Å². The number of benzene rings is 1. The molecule has 1 N–H and O–H groups in total. The van der Waals surface area contributed by atoms with Gasteiger partial charge in [-0.25, -0.2) is 9.97 Å². The standard InChI is InChI=1S/C13H16N2O5S/c1-8-9(2)15-11-7-13(20-4-5-21(16,17)18)12(19-3)6-10(11)14-8/h6-7H,4-5H2,1-3H3,(H,16,17,18). The lowest BCUT2D eigenvalue weighted by Crippen LogP contribution is -2.13. The summed E-state index contributed by atoms with van der Waals surface area (Å²) in [6.45, 7) is 3.54. The SMILES string of the molecule is COc1cc2nc(C)c(C)nc2cc1OCCS(=O)(=O)O. The Morgan fingerprint density at radius 1 is 1.10 bits per heavy atom. The third-order valence-electron chi connectivity index (χ3n) is 2.96. The molecule has 0 saturated heterocycles. The van der Waals surface area contributed by atoms with Crippen molar-refractivity contribution in [1.29, 1.82) is 0 Å². The molecule has 0 unspecified atom stereocenters. The van der Waals surface area contributed by atoms with Gasteiger partial charge in [-0.3, -0.25) is 4.55 Å². The van der Waals surface area contributed by atoms with E-state index in [9.17, 15) is 8.42 Å². The van der Waals surface area contributed by atoms with Gasteiger partial charge in [0.05, 0.1) is 29.5 Å². The fourth-order valence-electron chi connectivity index (χ4n) is 1.77. The zero-order valence-electron chi connectivity index (χ0n) is 12.0. The van der Waals surface area contributed by atoms with Crippen LogP contribution in [0.15, 0.2) is 12.1 Å². The molecule has 0 aliphatic rings. The van der Waals surface area contributed by atoms with Crippen LogP contribution in [0.1, 0.15) is 11.4 Å². The summed E-state index contributed by atoms with van der Waals surface area (Å²) in [5.74, 6) is 0.286. The zero-order chi connectivity index (χ0) is 15.6. The van der Waals surface area contributed by atoms with Crippen molar-refractivity contribution in [3.8, 4) is 11.5 Å². The highest BCUT2D eigenvalue weighted by Crippen LogP contribution is 2.31. The molecule has 0 atom stereocenters. The van der Waals surface area contributed by atoms with Gasteiger partial charge in [0, 0.05) is 12.1 Å². The van der Waals surface area contributed by atoms with Gasteiger partial charge < -0.3 is 9.47 Å². The molecule has 0 aliphatic carbocycles. The predicted octanol–water partition coefficient (Wildman–Crippen LogP) is 1.52. The number of fused-ring (bicyclic) bond motifs is 1. The molecule has 0 saturated carbocycles. The van der Waals surface area contributed by atoms with E-state index in [0.717, 1.165) is 11.4 Å². The maximum atomic E-state index is 10.7. The minimum atomic E-state index is -4.06. The van der Waals surface area contributed by atoms with Crippen LogP contribution >= 0.6 is 0 Å². The van der Waals surface area contributed by atoms with E-state index in [-0.39, 0.29) is 6.61 Å². The number of rotatable bonds is 5. The molecule has 0 radical (unpaired) electrons. The summed E-state index contributed by atoms with van der Waals surface area (Å²) in [7, 11) is -2.58. The maximum absolute atomic E-state index is 10.7. The number of hydrogen-bond donors (Lipinski definition) is 1. The van der Waals surface area contributed by atoms with Gasteiger partial charge >= 0.3 is 0 Å². The molecule has 0 spiro atoms. The topological polar surface area (TPSA) is 98.6 Å². The van der Waals surface area contributed by atoms with Gasteiger partial charge in [-0.2, -0.15) is 8.42 Å². The van der Waals surface area contributed by atoms with E-state index in [0.29, 0.717) is 22.5 Å². The van der Waals surface area contributed by atoms with Crippen LogP contribution in [0.3, 0.4) is 0 Å². The minimum Gasteiger partial charge on any atom is -0.493 e. The van der Waals surface area contributed by atoms with Crippen molar-refractivity contribution in [1.82, 2.24) is 9.97 Å². The first-order valence-electron chi connectivity index (χ1n) is 6.21. The summed E-state index contributed by atoms with van der Waals surface area (Å²) in [6, 6.07) is 3.31. The van der Waals surface area contributed by atoms with Gasteiger partial charge in [0.1, 0.15) is 12.4 Å². The molecule has 0 amide bonds. The lowest BCUT2D eigenvalue weighted by Gasteiger charge is -2.11. The van der Waals surface area contributed by atoms with Gasteiger partial charge in [0.2, 0.25) is 0 Å². The van der Waals surface area contributed by atoms with E-state index in [1.54, 1.807) is 12.1 Å². The minimum absolute atomic E-state index is 0.182. The Bertz CT molecular complexity index is 774. The molecule has 1 aromatic carbocycles. The molecule has 114 valence electrons. The highest BCUT2D eigenvalue weighted by molar-refractivity contribution is 7.85. The Balaban J connectivity index is 2.36. The number of aromatic nitrogens is 2. The van der Waals surface area contributed by atoms with Crippen LogP contribution in [0.4, 0.5) is 0 Å². The third kappa shape index (κ3) is 3.79. The highest BCUT2D eigenvalue weighted by atomic mass is 32.2. The molecule has 2 aromatic rings. The van der Waals surface area contributed by atoms with Crippen LogP contribution in [0.5, 0.6) is 11.5 Å². The summed E-state index contributed by atoms with van der Waals surface area (Å²) in [6.07, 6.45) is 0. The van der Waals surface area contributed by atoms with Crippen LogP contribution < -0.4 is 9.47 Å². The van der Waals surface area contributed by atoms with Crippen molar-refractivity contribution in [2.75, 3.05) is 19.5 Å². The average molecular weight is 312 g/mol. The molecular weight excluding hydrogens is 296 g/mol. The monoisotopic (exact) mass is 312 g/mol. The summed E-state index contributed by atoms with van der Waals surface area (Å²) < 4.78 is 40.6. The Kier molecular flexibility index (Phi) is 4.29. The Morgan fingerprint density at radius 3 is 2.10 bits per heavy atom. The number of aryl methyl sites for hydroxylation is 2. The normalized spacial score (nSPS) is 11.6. The Morgan fingerprint density at radius 2 is 1.62 bits per heavy atom. The number of hydrogen-bond acceptors (Lipinski definition) is 6. The number of ether oxygens (including phenoxy) is 2. The summed E-state index contributed by atoms with van der Waals surface area (Å²) in [5, 5.41) is 0. The van der Waals surface area contributed by atoms with Crippen molar-refractivity contribution in [3.63, 3.8) is 0 Å². The van der Waals surface area contributed by atoms with Crippen LogP contribution in [0, 0.1) is 13.8 Å². The van der Waals surface area contributed by atoms with Crippen LogP contribution in [-0.4, -0.2) is 42.4 Å². The molecule has 2 rings (SSSR count). The lowest BCUT2D eigenvalue weighted by molar-refractivity contribution is 0.309. The summed E-state index contributed by atoms with van der Waals surface area (Å²) >= 11 is 0. The van der Waals surface area contributed by atoms with E-state index in [4.69, 9.17) is 14.0 Å². The predicted molar refractivity (Wildman–Crippen MR) is 77.5 cm³/mol. The molecular formula is C13H16N2O5S. The molecule has 8 heteroatoms. The van der Waals surface area contributed by atoms with Crippen LogP contribution in [-0.2, 0) is 10.1 Å². The lowest BCUT2D eigenvalue weighted by atomic mass is 10.2. The van der Waals surface area contributed by atoms with Crippen molar-refractivity contribution in [3.05, 3.63) is 23.5 Å². The van der Waals surface area contributed by atoms with Gasteiger partial charge in [0.15, 0.2) is 11.5 Å². The fourth-order valence-corrected chi connectivity index (χ4v) is 2.06. The maximum Gasteiger partial charge on any atom is 0.268 e. The highest BCUT2D eigenvalue weighted by Gasteiger charge is 2.12. The summed E-state index contributed by atoms with van der Waals surface area (Å²) in [4.78, 5) is 8.81. The first-order valence-corrected chi connectivity index (χ1v) is 7.82. The fraction of sp³-hybridized carbons (Fsp3) is 0.385. The second-order valence-electron chi connectivity index (χ2n) is 4.52. The van der Waals surface area contributed by atoms with Crippen molar-refractivity contribution < 1.29 is 22.4 Å². The van der Waals surface area contributed by atoms with E-state index in [1.165, 1.54) is 7.11 Å². The third-order valence-corrected chi connectivity index (χ3v) is 3.64. The van der Waals surface area contributed by atoms with Crippen molar-refractivity contribution in [2.45, 2.75) is 13.8 Å². The van der Waals surface area contributed by atoms with Gasteiger partial charge in [-0.05, 0) is 13.8 Å². The van der Waals surface area contributed by atoms with Gasteiger partial charge in [-0.15, -0.1) is 0 Å². The Hall–Kier alpha value is -1.93. The smallest absolute Gasteiger partial charge is 0.268 e. The van der Waals surface area contributed by atoms with E-state index in [2.05, 4.69) is 9.97 Å². The molecule has 0 bridgehead atoms. The quantitative estimate of drug-likeness (QED) is 0.836. The van der Waals surface area contributed by atoms with Gasteiger partial charge in [0.25, 0.3) is 10.1 Å². The molecule has 1 aromatic heterocycles.